The molecule has 0 radical (unpaired) electrons. The lowest BCUT2D eigenvalue weighted by Gasteiger charge is -2.07. The van der Waals surface area contributed by atoms with E-state index < -0.39 is 17.5 Å². The first kappa shape index (κ1) is 13.2. The molecule has 21 heavy (non-hydrogen) atoms. The average molecular weight is 295 g/mol. The molecule has 9 heteroatoms. The molecule has 3 rings (SSSR count). The molecule has 0 amide bonds. The zero-order valence-corrected chi connectivity index (χ0v) is 10.6. The molecule has 0 fully saturated rings. The summed E-state index contributed by atoms with van der Waals surface area (Å²) in [5, 5.41) is 0. The molecule has 2 aromatic heterocycles. The Balaban J connectivity index is 2.33. The van der Waals surface area contributed by atoms with Crippen LogP contribution >= 0.6 is 0 Å². The maximum absolute atomic E-state index is 13.4. The molecule has 1 aromatic carbocycles. The third-order valence-electron chi connectivity index (χ3n) is 2.86. The molecule has 0 aliphatic carbocycles. The lowest BCUT2D eigenvalue weighted by Crippen LogP contribution is -2.04. The largest absolute Gasteiger partial charge is 0.479 e. The third kappa shape index (κ3) is 1.93. The molecule has 0 aliphatic rings. The maximum Gasteiger partial charge on any atom is 0.245 e. The molecule has 0 saturated carbocycles. The van der Waals surface area contributed by atoms with Crippen molar-refractivity contribution in [3.8, 4) is 11.6 Å². The summed E-state index contributed by atoms with van der Waals surface area (Å²) in [6.07, 6.45) is 1.19. The van der Waals surface area contributed by atoms with Crippen molar-refractivity contribution in [1.29, 1.82) is 0 Å². The number of nitrogens with zero attached hydrogens (tertiary/aromatic N) is 4. The molecule has 0 saturated heterocycles. The highest BCUT2D eigenvalue weighted by Crippen LogP contribution is 2.27. The van der Waals surface area contributed by atoms with Crippen molar-refractivity contribution in [1.82, 2.24) is 19.5 Å². The van der Waals surface area contributed by atoms with Crippen molar-refractivity contribution in [3.63, 3.8) is 0 Å². The number of ether oxygens (including phenoxy) is 1. The van der Waals surface area contributed by atoms with Crippen molar-refractivity contribution in [2.45, 2.75) is 0 Å². The van der Waals surface area contributed by atoms with Crippen molar-refractivity contribution in [2.75, 3.05) is 12.8 Å². The second-order valence-corrected chi connectivity index (χ2v) is 4.08. The number of hydrogen-bond acceptors (Lipinski definition) is 5. The second kappa shape index (κ2) is 4.62. The van der Waals surface area contributed by atoms with Gasteiger partial charge in [-0.25, -0.2) is 23.1 Å². The van der Waals surface area contributed by atoms with Crippen LogP contribution in [0.2, 0.25) is 0 Å². The summed E-state index contributed by atoms with van der Waals surface area (Å²) in [6, 6.07) is 1.59. The third-order valence-corrected chi connectivity index (χ3v) is 2.86. The smallest absolute Gasteiger partial charge is 0.245 e. The van der Waals surface area contributed by atoms with Gasteiger partial charge in [0.1, 0.15) is 6.33 Å². The minimum Gasteiger partial charge on any atom is -0.479 e. The Morgan fingerprint density at radius 3 is 2.43 bits per heavy atom. The summed E-state index contributed by atoms with van der Waals surface area (Å²) in [4.78, 5) is 11.8. The fraction of sp³-hybridized carbons (Fsp3) is 0.0833. The Bertz CT molecular complexity index is 825. The van der Waals surface area contributed by atoms with E-state index in [1.54, 1.807) is 0 Å². The number of anilines is 1. The molecule has 3 aromatic rings. The molecule has 108 valence electrons. The van der Waals surface area contributed by atoms with Gasteiger partial charge < -0.3 is 10.5 Å². The minimum absolute atomic E-state index is 0.0489. The van der Waals surface area contributed by atoms with E-state index in [1.807, 2.05) is 0 Å². The number of hydrogen-bond donors (Lipinski definition) is 1. The van der Waals surface area contributed by atoms with Crippen LogP contribution in [0, 0.1) is 17.5 Å². The average Bonchev–Trinajstić information content (AvgIpc) is 2.80. The van der Waals surface area contributed by atoms with E-state index in [4.69, 9.17) is 10.5 Å². The fourth-order valence-electron chi connectivity index (χ4n) is 1.96. The molecule has 2 heterocycles. The number of methoxy groups -OCH3 is 1. The van der Waals surface area contributed by atoms with Crippen LogP contribution in [-0.2, 0) is 0 Å². The molecule has 0 bridgehead atoms. The first-order valence-electron chi connectivity index (χ1n) is 5.70. The van der Waals surface area contributed by atoms with E-state index in [-0.39, 0.29) is 28.7 Å². The van der Waals surface area contributed by atoms with Crippen LogP contribution in [0.1, 0.15) is 0 Å². The van der Waals surface area contributed by atoms with E-state index in [1.165, 1.54) is 18.0 Å². The lowest BCUT2D eigenvalue weighted by atomic mass is 10.3. The number of nitrogens with two attached hydrogens (primary N) is 1. The predicted molar refractivity (Wildman–Crippen MR) is 67.5 cm³/mol. The van der Waals surface area contributed by atoms with Crippen LogP contribution in [0.3, 0.4) is 0 Å². The molecular formula is C12H8F3N5O. The van der Waals surface area contributed by atoms with E-state index in [9.17, 15) is 13.2 Å². The van der Waals surface area contributed by atoms with Gasteiger partial charge in [-0.05, 0) is 0 Å². The number of imidazole rings is 1. The van der Waals surface area contributed by atoms with Crippen molar-refractivity contribution < 1.29 is 17.9 Å². The van der Waals surface area contributed by atoms with Crippen LogP contribution in [0.5, 0.6) is 5.88 Å². The van der Waals surface area contributed by atoms with E-state index in [0.29, 0.717) is 0 Å². The van der Waals surface area contributed by atoms with Gasteiger partial charge in [-0.15, -0.1) is 0 Å². The van der Waals surface area contributed by atoms with E-state index >= 15 is 0 Å². The van der Waals surface area contributed by atoms with Gasteiger partial charge in [0.2, 0.25) is 11.8 Å². The summed E-state index contributed by atoms with van der Waals surface area (Å²) in [6.45, 7) is 0. The molecular weight excluding hydrogens is 287 g/mol. The summed E-state index contributed by atoms with van der Waals surface area (Å²) in [5.41, 5.74) is 6.10. The van der Waals surface area contributed by atoms with Gasteiger partial charge in [0.05, 0.1) is 12.8 Å². The van der Waals surface area contributed by atoms with Gasteiger partial charge in [-0.3, -0.25) is 4.57 Å². The monoisotopic (exact) mass is 295 g/mol. The summed E-state index contributed by atoms with van der Waals surface area (Å²) < 4.78 is 45.9. The zero-order valence-electron chi connectivity index (χ0n) is 10.6. The highest BCUT2D eigenvalue weighted by molar-refractivity contribution is 5.81. The highest BCUT2D eigenvalue weighted by Gasteiger charge is 2.19. The maximum atomic E-state index is 13.4. The van der Waals surface area contributed by atoms with Crippen LogP contribution < -0.4 is 10.5 Å². The van der Waals surface area contributed by atoms with Gasteiger partial charge >= 0.3 is 0 Å². The second-order valence-electron chi connectivity index (χ2n) is 4.08. The Morgan fingerprint density at radius 1 is 1.14 bits per heavy atom. The zero-order chi connectivity index (χ0) is 15.1. The number of halogens is 3. The number of nitrogen functional groups attached to an aromatic ring is 1. The topological polar surface area (TPSA) is 78.8 Å². The normalized spacial score (nSPS) is 11.0. The lowest BCUT2D eigenvalue weighted by molar-refractivity contribution is 0.401. The Morgan fingerprint density at radius 2 is 1.81 bits per heavy atom. The van der Waals surface area contributed by atoms with Gasteiger partial charge in [0.15, 0.2) is 28.6 Å². The van der Waals surface area contributed by atoms with Crippen LogP contribution in [-0.4, -0.2) is 26.6 Å². The van der Waals surface area contributed by atoms with E-state index in [2.05, 4.69) is 15.0 Å². The molecule has 2 N–H and O–H groups in total. The van der Waals surface area contributed by atoms with Crippen LogP contribution in [0.15, 0.2) is 18.5 Å². The Kier molecular flexibility index (Phi) is 2.89. The van der Waals surface area contributed by atoms with Crippen molar-refractivity contribution in [3.05, 3.63) is 35.9 Å². The van der Waals surface area contributed by atoms with Gasteiger partial charge in [-0.1, -0.05) is 0 Å². The van der Waals surface area contributed by atoms with Crippen molar-refractivity contribution >= 4 is 17.1 Å². The van der Waals surface area contributed by atoms with Gasteiger partial charge in [0.25, 0.3) is 0 Å². The summed E-state index contributed by atoms with van der Waals surface area (Å²) in [5.74, 6) is -4.17. The van der Waals surface area contributed by atoms with Crippen molar-refractivity contribution in [2.24, 2.45) is 0 Å². The molecule has 0 atom stereocenters. The first-order chi connectivity index (χ1) is 10.0. The Hall–Kier alpha value is -2.84. The quantitative estimate of drug-likeness (QED) is 0.730. The van der Waals surface area contributed by atoms with Crippen LogP contribution in [0.4, 0.5) is 19.1 Å². The number of benzene rings is 1. The molecule has 6 nitrogen and oxygen atoms in total. The molecule has 0 aliphatic heterocycles. The number of fused-ring (bicyclic) bond motifs is 1. The predicted octanol–water partition coefficient (Wildman–Crippen LogP) is 1.82. The van der Waals surface area contributed by atoms with Gasteiger partial charge in [-0.2, -0.15) is 4.98 Å². The van der Waals surface area contributed by atoms with Crippen LogP contribution in [0.25, 0.3) is 16.9 Å². The molecule has 0 spiro atoms. The highest BCUT2D eigenvalue weighted by atomic mass is 19.2. The summed E-state index contributed by atoms with van der Waals surface area (Å²) in [7, 11) is 1.38. The molecule has 0 unspecified atom stereocenters. The summed E-state index contributed by atoms with van der Waals surface area (Å²) >= 11 is 0. The minimum atomic E-state index is -1.56. The standard InChI is InChI=1S/C12H8F3N5O/c1-21-11-9-10(17-4-18-11)20(12(16)19-9)5-2-6(13)8(15)7(14)3-5/h2-4H,1H3,(H2,16,19). The Labute approximate surface area is 116 Å². The van der Waals surface area contributed by atoms with E-state index in [0.717, 1.165) is 12.1 Å². The SMILES string of the molecule is COc1ncnc2c1nc(N)n2-c1cc(F)c(F)c(F)c1. The fourth-order valence-corrected chi connectivity index (χ4v) is 1.96. The first-order valence-corrected chi connectivity index (χ1v) is 5.70. The van der Waals surface area contributed by atoms with Gasteiger partial charge in [0, 0.05) is 12.1 Å². The number of aromatic nitrogens is 4. The number of rotatable bonds is 2.